The Labute approximate surface area is 129 Å². The third-order valence-electron chi connectivity index (χ3n) is 3.09. The Balaban J connectivity index is 2.10. The van der Waals surface area contributed by atoms with Crippen LogP contribution < -0.4 is 14.9 Å². The summed E-state index contributed by atoms with van der Waals surface area (Å²) in [6.45, 7) is 1.93. The van der Waals surface area contributed by atoms with Crippen molar-refractivity contribution in [1.29, 1.82) is 0 Å². The van der Waals surface area contributed by atoms with Gasteiger partial charge in [-0.1, -0.05) is 17.7 Å². The van der Waals surface area contributed by atoms with Gasteiger partial charge in [0, 0.05) is 11.1 Å². The lowest BCUT2D eigenvalue weighted by atomic mass is 10.1. The van der Waals surface area contributed by atoms with E-state index in [-0.39, 0.29) is 5.91 Å². The zero-order chi connectivity index (χ0) is 15.9. The number of aryl methyl sites for hydroxylation is 1. The van der Waals surface area contributed by atoms with E-state index in [2.05, 4.69) is 10.5 Å². The monoisotopic (exact) mass is 298 g/mol. The Hall–Kier alpha value is -2.82. The number of ether oxygens (including phenoxy) is 2. The van der Waals surface area contributed by atoms with Crippen molar-refractivity contribution < 1.29 is 14.3 Å². The fraction of sp³-hybridized carbons (Fsp3) is 0.176. The number of carbonyl (C=O) groups excluding carboxylic acids is 1. The molecule has 5 heteroatoms. The third kappa shape index (κ3) is 3.85. The highest BCUT2D eigenvalue weighted by Gasteiger charge is 2.05. The smallest absolute Gasteiger partial charge is 0.271 e. The van der Waals surface area contributed by atoms with Crippen LogP contribution in [0.2, 0.25) is 0 Å². The Morgan fingerprint density at radius 2 is 1.95 bits per heavy atom. The average molecular weight is 298 g/mol. The van der Waals surface area contributed by atoms with Gasteiger partial charge in [0.25, 0.3) is 5.91 Å². The lowest BCUT2D eigenvalue weighted by molar-refractivity contribution is 0.0955. The lowest BCUT2D eigenvalue weighted by Crippen LogP contribution is -2.17. The molecule has 0 saturated carbocycles. The number of methoxy groups -OCH3 is 2. The molecule has 1 N–H and O–H groups in total. The molecule has 0 heterocycles. The topological polar surface area (TPSA) is 59.9 Å². The molecule has 0 aliphatic heterocycles. The number of hydrazone groups is 1. The summed E-state index contributed by atoms with van der Waals surface area (Å²) in [7, 11) is 3.16. The maximum Gasteiger partial charge on any atom is 0.271 e. The predicted molar refractivity (Wildman–Crippen MR) is 85.8 cm³/mol. The number of rotatable bonds is 5. The summed E-state index contributed by atoms with van der Waals surface area (Å²) in [4.78, 5) is 12.0. The fourth-order valence-corrected chi connectivity index (χ4v) is 1.95. The minimum absolute atomic E-state index is 0.262. The number of amides is 1. The molecule has 0 fully saturated rings. The maximum absolute atomic E-state index is 12.0. The molecule has 2 aromatic rings. The lowest BCUT2D eigenvalue weighted by Gasteiger charge is -2.06. The van der Waals surface area contributed by atoms with E-state index in [4.69, 9.17) is 9.47 Å². The summed E-state index contributed by atoms with van der Waals surface area (Å²) >= 11 is 0. The van der Waals surface area contributed by atoms with Gasteiger partial charge in [-0.05, 0) is 37.3 Å². The van der Waals surface area contributed by atoms with Gasteiger partial charge in [0.05, 0.1) is 20.4 Å². The third-order valence-corrected chi connectivity index (χ3v) is 3.09. The second kappa shape index (κ2) is 7.26. The molecule has 0 saturated heterocycles. The van der Waals surface area contributed by atoms with E-state index in [9.17, 15) is 4.79 Å². The SMILES string of the molecule is COc1ccc(OC)c(/C=N/NC(=O)c2cccc(C)c2)c1. The normalized spacial score (nSPS) is 10.5. The average Bonchev–Trinajstić information content (AvgIpc) is 2.54. The first-order valence-electron chi connectivity index (χ1n) is 6.76. The van der Waals surface area contributed by atoms with Gasteiger partial charge >= 0.3 is 0 Å². The number of benzene rings is 2. The van der Waals surface area contributed by atoms with Crippen LogP contribution >= 0.6 is 0 Å². The highest BCUT2D eigenvalue weighted by molar-refractivity contribution is 5.95. The quantitative estimate of drug-likeness (QED) is 0.682. The summed E-state index contributed by atoms with van der Waals surface area (Å²) in [5.41, 5.74) is 4.80. The molecule has 2 aromatic carbocycles. The van der Waals surface area contributed by atoms with Gasteiger partial charge in [0.2, 0.25) is 0 Å². The molecule has 0 aromatic heterocycles. The second-order valence-electron chi connectivity index (χ2n) is 4.68. The standard InChI is InChI=1S/C17H18N2O3/c1-12-5-4-6-13(9-12)17(20)19-18-11-14-10-15(21-2)7-8-16(14)22-3/h4-11H,1-3H3,(H,19,20)/b18-11+. The number of nitrogens with zero attached hydrogens (tertiary/aromatic N) is 1. The Kier molecular flexibility index (Phi) is 5.14. The highest BCUT2D eigenvalue weighted by atomic mass is 16.5. The number of nitrogens with one attached hydrogen (secondary N) is 1. The molecular weight excluding hydrogens is 280 g/mol. The number of carbonyl (C=O) groups is 1. The first kappa shape index (κ1) is 15.6. The molecule has 0 radical (unpaired) electrons. The van der Waals surface area contributed by atoms with Crippen molar-refractivity contribution in [1.82, 2.24) is 5.43 Å². The van der Waals surface area contributed by atoms with Gasteiger partial charge in [0.15, 0.2) is 0 Å². The molecule has 5 nitrogen and oxygen atoms in total. The van der Waals surface area contributed by atoms with Crippen molar-refractivity contribution >= 4 is 12.1 Å². The van der Waals surface area contributed by atoms with Crippen molar-refractivity contribution in [3.8, 4) is 11.5 Å². The van der Waals surface area contributed by atoms with E-state index in [1.165, 1.54) is 6.21 Å². The van der Waals surface area contributed by atoms with Gasteiger partial charge in [-0.2, -0.15) is 5.10 Å². The van der Waals surface area contributed by atoms with E-state index in [1.54, 1.807) is 44.6 Å². The summed E-state index contributed by atoms with van der Waals surface area (Å²) in [5.74, 6) is 1.07. The molecule has 1 amide bonds. The predicted octanol–water partition coefficient (Wildman–Crippen LogP) is 2.78. The summed E-state index contributed by atoms with van der Waals surface area (Å²) in [5, 5.41) is 3.97. The van der Waals surface area contributed by atoms with Gasteiger partial charge < -0.3 is 9.47 Å². The second-order valence-corrected chi connectivity index (χ2v) is 4.68. The van der Waals surface area contributed by atoms with Crippen molar-refractivity contribution in [2.75, 3.05) is 14.2 Å². The molecule has 0 aliphatic carbocycles. The highest BCUT2D eigenvalue weighted by Crippen LogP contribution is 2.22. The van der Waals surface area contributed by atoms with Gasteiger partial charge in [-0.3, -0.25) is 4.79 Å². The van der Waals surface area contributed by atoms with Crippen LogP contribution in [0.5, 0.6) is 11.5 Å². The fourth-order valence-electron chi connectivity index (χ4n) is 1.95. The Morgan fingerprint density at radius 1 is 1.14 bits per heavy atom. The van der Waals surface area contributed by atoms with Gasteiger partial charge in [-0.15, -0.1) is 0 Å². The van der Waals surface area contributed by atoms with E-state index in [0.29, 0.717) is 22.6 Å². The molecule has 0 atom stereocenters. The van der Waals surface area contributed by atoms with Crippen LogP contribution in [-0.2, 0) is 0 Å². The number of hydrogen-bond acceptors (Lipinski definition) is 4. The van der Waals surface area contributed by atoms with Crippen LogP contribution in [0.3, 0.4) is 0 Å². The molecule has 0 aliphatic rings. The number of hydrogen-bond donors (Lipinski definition) is 1. The molecule has 0 spiro atoms. The van der Waals surface area contributed by atoms with Crippen LogP contribution in [0.1, 0.15) is 21.5 Å². The Bertz CT molecular complexity index is 696. The summed E-state index contributed by atoms with van der Waals surface area (Å²) < 4.78 is 10.4. The van der Waals surface area contributed by atoms with Crippen molar-refractivity contribution in [3.63, 3.8) is 0 Å². The first-order chi connectivity index (χ1) is 10.6. The molecule has 22 heavy (non-hydrogen) atoms. The van der Waals surface area contributed by atoms with Crippen LogP contribution in [0.4, 0.5) is 0 Å². The molecule has 0 bridgehead atoms. The van der Waals surface area contributed by atoms with Crippen LogP contribution in [0.15, 0.2) is 47.6 Å². The minimum Gasteiger partial charge on any atom is -0.497 e. The first-order valence-corrected chi connectivity index (χ1v) is 6.76. The largest absolute Gasteiger partial charge is 0.497 e. The van der Waals surface area contributed by atoms with E-state index >= 15 is 0 Å². The molecule has 0 unspecified atom stereocenters. The minimum atomic E-state index is -0.262. The maximum atomic E-state index is 12.0. The van der Waals surface area contributed by atoms with Crippen molar-refractivity contribution in [2.24, 2.45) is 5.10 Å². The van der Waals surface area contributed by atoms with Crippen LogP contribution in [0, 0.1) is 6.92 Å². The van der Waals surface area contributed by atoms with Crippen LogP contribution in [0.25, 0.3) is 0 Å². The van der Waals surface area contributed by atoms with Crippen molar-refractivity contribution in [2.45, 2.75) is 6.92 Å². The van der Waals surface area contributed by atoms with E-state index < -0.39 is 0 Å². The summed E-state index contributed by atoms with van der Waals surface area (Å²) in [6.07, 6.45) is 1.52. The molecular formula is C17H18N2O3. The zero-order valence-corrected chi connectivity index (χ0v) is 12.8. The summed E-state index contributed by atoms with van der Waals surface area (Å²) in [6, 6.07) is 12.7. The van der Waals surface area contributed by atoms with E-state index in [1.807, 2.05) is 19.1 Å². The zero-order valence-electron chi connectivity index (χ0n) is 12.8. The van der Waals surface area contributed by atoms with Gasteiger partial charge in [-0.25, -0.2) is 5.43 Å². The van der Waals surface area contributed by atoms with Crippen molar-refractivity contribution in [3.05, 3.63) is 59.2 Å². The Morgan fingerprint density at radius 3 is 2.64 bits per heavy atom. The van der Waals surface area contributed by atoms with Gasteiger partial charge in [0.1, 0.15) is 11.5 Å². The molecule has 2 rings (SSSR count). The van der Waals surface area contributed by atoms with E-state index in [0.717, 1.165) is 5.56 Å². The molecule has 114 valence electrons. The van der Waals surface area contributed by atoms with Crippen LogP contribution in [-0.4, -0.2) is 26.3 Å².